The molecule has 2 amide bonds. The zero-order chi connectivity index (χ0) is 12.5. The first-order valence-corrected chi connectivity index (χ1v) is 6.34. The van der Waals surface area contributed by atoms with E-state index < -0.39 is 0 Å². The van der Waals surface area contributed by atoms with Crippen molar-refractivity contribution >= 4 is 6.03 Å². The highest BCUT2D eigenvalue weighted by atomic mass is 16.2. The summed E-state index contributed by atoms with van der Waals surface area (Å²) in [6, 6.07) is 10.1. The first-order chi connectivity index (χ1) is 8.26. The number of carbonyl (C=O) groups is 1. The van der Waals surface area contributed by atoms with Crippen LogP contribution in [0.15, 0.2) is 30.3 Å². The largest absolute Gasteiger partial charge is 0.335 e. The van der Waals surface area contributed by atoms with Crippen LogP contribution in [0.2, 0.25) is 0 Å². The van der Waals surface area contributed by atoms with E-state index in [1.165, 1.54) is 0 Å². The molecule has 2 N–H and O–H groups in total. The smallest absolute Gasteiger partial charge is 0.315 e. The van der Waals surface area contributed by atoms with Crippen LogP contribution in [0.5, 0.6) is 0 Å². The molecule has 1 rings (SSSR count). The fraction of sp³-hybridized carbons (Fsp3) is 0.500. The monoisotopic (exact) mass is 234 g/mol. The van der Waals surface area contributed by atoms with Gasteiger partial charge in [0.05, 0.1) is 0 Å². The summed E-state index contributed by atoms with van der Waals surface area (Å²) in [7, 11) is 0. The molecule has 0 aliphatic heterocycles. The Morgan fingerprint density at radius 2 is 1.94 bits per heavy atom. The third-order valence-electron chi connectivity index (χ3n) is 2.76. The average Bonchev–Trinajstić information content (AvgIpc) is 2.37. The molecule has 0 saturated carbocycles. The second-order valence-corrected chi connectivity index (χ2v) is 4.21. The molecule has 0 fully saturated rings. The van der Waals surface area contributed by atoms with Crippen LogP contribution >= 0.6 is 0 Å². The van der Waals surface area contributed by atoms with Gasteiger partial charge in [0.25, 0.3) is 0 Å². The second-order valence-electron chi connectivity index (χ2n) is 4.21. The van der Waals surface area contributed by atoms with Crippen LogP contribution in [0.1, 0.15) is 38.7 Å². The van der Waals surface area contributed by atoms with Crippen molar-refractivity contribution in [2.45, 2.75) is 45.7 Å². The Balaban J connectivity index is 2.30. The molecule has 3 nitrogen and oxygen atoms in total. The van der Waals surface area contributed by atoms with Crippen molar-refractivity contribution in [2.24, 2.45) is 0 Å². The third kappa shape index (κ3) is 5.38. The van der Waals surface area contributed by atoms with Gasteiger partial charge in [-0.2, -0.15) is 0 Å². The molecule has 0 radical (unpaired) electrons. The molecule has 94 valence electrons. The van der Waals surface area contributed by atoms with Crippen molar-refractivity contribution in [3.63, 3.8) is 0 Å². The number of amides is 2. The fourth-order valence-electron chi connectivity index (χ4n) is 1.74. The Labute approximate surface area is 104 Å². The predicted molar refractivity (Wildman–Crippen MR) is 70.8 cm³/mol. The van der Waals surface area contributed by atoms with E-state index in [0.29, 0.717) is 6.54 Å². The number of carbonyl (C=O) groups excluding carboxylic acids is 1. The number of urea groups is 1. The van der Waals surface area contributed by atoms with Crippen LogP contribution in [0.25, 0.3) is 0 Å². The van der Waals surface area contributed by atoms with Crippen LogP contribution < -0.4 is 10.6 Å². The standard InChI is InChI=1S/C14H22N2O/c1-3-8-13(4-2)16-14(17)15-11-12-9-6-5-7-10-12/h5-7,9-10,13H,3-4,8,11H2,1-2H3,(H2,15,16,17). The minimum atomic E-state index is -0.0749. The molecule has 17 heavy (non-hydrogen) atoms. The van der Waals surface area contributed by atoms with Crippen molar-refractivity contribution in [1.82, 2.24) is 10.6 Å². The van der Waals surface area contributed by atoms with Crippen molar-refractivity contribution in [1.29, 1.82) is 0 Å². The molecule has 1 atom stereocenters. The number of rotatable bonds is 6. The zero-order valence-electron chi connectivity index (χ0n) is 10.7. The van der Waals surface area contributed by atoms with E-state index in [4.69, 9.17) is 0 Å². The molecule has 0 heterocycles. The van der Waals surface area contributed by atoms with E-state index >= 15 is 0 Å². The SMILES string of the molecule is CCCC(CC)NC(=O)NCc1ccccc1. The van der Waals surface area contributed by atoms with Crippen LogP contribution in [0.3, 0.4) is 0 Å². The first kappa shape index (κ1) is 13.6. The third-order valence-corrected chi connectivity index (χ3v) is 2.76. The van der Waals surface area contributed by atoms with Crippen molar-refractivity contribution in [3.8, 4) is 0 Å². The van der Waals surface area contributed by atoms with E-state index in [-0.39, 0.29) is 12.1 Å². The molecular formula is C14H22N2O. The maximum absolute atomic E-state index is 11.6. The Morgan fingerprint density at radius 3 is 2.53 bits per heavy atom. The van der Waals surface area contributed by atoms with Gasteiger partial charge in [-0.3, -0.25) is 0 Å². The lowest BCUT2D eigenvalue weighted by atomic mass is 10.1. The molecule has 0 aliphatic rings. The van der Waals surface area contributed by atoms with Gasteiger partial charge in [-0.25, -0.2) is 4.79 Å². The van der Waals surface area contributed by atoms with E-state index in [1.54, 1.807) is 0 Å². The van der Waals surface area contributed by atoms with Gasteiger partial charge in [0, 0.05) is 12.6 Å². The molecule has 0 bridgehead atoms. The number of hydrogen-bond acceptors (Lipinski definition) is 1. The van der Waals surface area contributed by atoms with E-state index in [0.717, 1.165) is 24.8 Å². The van der Waals surface area contributed by atoms with E-state index in [2.05, 4.69) is 24.5 Å². The lowest BCUT2D eigenvalue weighted by molar-refractivity contribution is 0.235. The first-order valence-electron chi connectivity index (χ1n) is 6.34. The zero-order valence-corrected chi connectivity index (χ0v) is 10.7. The summed E-state index contributed by atoms with van der Waals surface area (Å²) in [5.74, 6) is 0. The normalized spacial score (nSPS) is 11.9. The molecule has 3 heteroatoms. The summed E-state index contributed by atoms with van der Waals surface area (Å²) >= 11 is 0. The van der Waals surface area contributed by atoms with Crippen LogP contribution in [-0.2, 0) is 6.54 Å². The minimum Gasteiger partial charge on any atom is -0.335 e. The van der Waals surface area contributed by atoms with Crippen molar-refractivity contribution < 1.29 is 4.79 Å². The second kappa shape index (κ2) is 7.71. The maximum Gasteiger partial charge on any atom is 0.315 e. The minimum absolute atomic E-state index is 0.0749. The average molecular weight is 234 g/mol. The molecule has 0 saturated heterocycles. The number of benzene rings is 1. The summed E-state index contributed by atoms with van der Waals surface area (Å²) in [4.78, 5) is 11.6. The molecule has 0 aromatic heterocycles. The molecule has 1 unspecified atom stereocenters. The van der Waals surface area contributed by atoms with Crippen LogP contribution in [0, 0.1) is 0 Å². The van der Waals surface area contributed by atoms with Gasteiger partial charge in [-0.1, -0.05) is 50.6 Å². The van der Waals surface area contributed by atoms with Crippen LogP contribution in [-0.4, -0.2) is 12.1 Å². The predicted octanol–water partition coefficient (Wildman–Crippen LogP) is 3.06. The summed E-state index contributed by atoms with van der Waals surface area (Å²) in [6.07, 6.45) is 3.11. The number of hydrogen-bond donors (Lipinski definition) is 2. The molecule has 1 aromatic rings. The van der Waals surface area contributed by atoms with Gasteiger partial charge in [0.1, 0.15) is 0 Å². The number of nitrogens with one attached hydrogen (secondary N) is 2. The summed E-state index contributed by atoms with van der Waals surface area (Å²) < 4.78 is 0. The molecule has 0 spiro atoms. The molecular weight excluding hydrogens is 212 g/mol. The van der Waals surface area contributed by atoms with Crippen molar-refractivity contribution in [3.05, 3.63) is 35.9 Å². The molecule has 0 aliphatic carbocycles. The van der Waals surface area contributed by atoms with Gasteiger partial charge < -0.3 is 10.6 Å². The highest BCUT2D eigenvalue weighted by Crippen LogP contribution is 2.01. The maximum atomic E-state index is 11.6. The van der Waals surface area contributed by atoms with Crippen LogP contribution in [0.4, 0.5) is 4.79 Å². The fourth-order valence-corrected chi connectivity index (χ4v) is 1.74. The topological polar surface area (TPSA) is 41.1 Å². The quantitative estimate of drug-likeness (QED) is 0.780. The van der Waals surface area contributed by atoms with Gasteiger partial charge in [-0.15, -0.1) is 0 Å². The lowest BCUT2D eigenvalue weighted by Gasteiger charge is -2.16. The Bertz CT molecular complexity index is 324. The lowest BCUT2D eigenvalue weighted by Crippen LogP contribution is -2.41. The Kier molecular flexibility index (Phi) is 6.15. The van der Waals surface area contributed by atoms with Gasteiger partial charge in [0.2, 0.25) is 0 Å². The van der Waals surface area contributed by atoms with Crippen molar-refractivity contribution in [2.75, 3.05) is 0 Å². The summed E-state index contributed by atoms with van der Waals surface area (Å²) in [6.45, 7) is 4.80. The van der Waals surface area contributed by atoms with E-state index in [9.17, 15) is 4.79 Å². The molecule has 1 aromatic carbocycles. The Morgan fingerprint density at radius 1 is 1.24 bits per heavy atom. The highest BCUT2D eigenvalue weighted by molar-refractivity contribution is 5.74. The highest BCUT2D eigenvalue weighted by Gasteiger charge is 2.08. The summed E-state index contributed by atoms with van der Waals surface area (Å²) in [5, 5.41) is 5.86. The summed E-state index contributed by atoms with van der Waals surface area (Å²) in [5.41, 5.74) is 1.12. The van der Waals surface area contributed by atoms with Gasteiger partial charge >= 0.3 is 6.03 Å². The van der Waals surface area contributed by atoms with Gasteiger partial charge in [0.15, 0.2) is 0 Å². The van der Waals surface area contributed by atoms with E-state index in [1.807, 2.05) is 30.3 Å². The Hall–Kier alpha value is -1.51. The van der Waals surface area contributed by atoms with Gasteiger partial charge in [-0.05, 0) is 18.4 Å².